The van der Waals surface area contributed by atoms with Gasteiger partial charge in [0, 0.05) is 6.54 Å². The van der Waals surface area contributed by atoms with Crippen LogP contribution in [0.25, 0.3) is 0 Å². The fraction of sp³-hybridized carbons (Fsp3) is 0.857. The van der Waals surface area contributed by atoms with Crippen LogP contribution in [0.1, 0.15) is 51.4 Å². The highest BCUT2D eigenvalue weighted by Gasteiger charge is 2.40. The number of hydrogen-bond acceptors (Lipinski definition) is 3. The van der Waals surface area contributed by atoms with E-state index in [9.17, 15) is 9.59 Å². The molecule has 0 atom stereocenters. The summed E-state index contributed by atoms with van der Waals surface area (Å²) in [5.41, 5.74) is -0.539. The minimum absolute atomic E-state index is 0.000998. The maximum absolute atomic E-state index is 11.8. The van der Waals surface area contributed by atoms with E-state index in [-0.39, 0.29) is 12.5 Å². The third kappa shape index (κ3) is 4.37. The molecule has 3 N–H and O–H groups in total. The quantitative estimate of drug-likeness (QED) is 0.620. The molecular weight excluding hydrogens is 260 g/mol. The lowest BCUT2D eigenvalue weighted by atomic mass is 9.74. The first-order valence-electron chi connectivity index (χ1n) is 7.49. The molecule has 0 radical (unpaired) electrons. The summed E-state index contributed by atoms with van der Waals surface area (Å²) in [6.07, 6.45) is 7.51. The normalized spacial score (nSPS) is 21.2. The predicted octanol–water partition coefficient (Wildman–Crippen LogP) is 1.64. The third-order valence-corrected chi connectivity index (χ3v) is 4.22. The average Bonchev–Trinajstić information content (AvgIpc) is 2.84. The molecule has 2 saturated carbocycles. The van der Waals surface area contributed by atoms with Crippen molar-refractivity contribution in [2.75, 3.05) is 13.2 Å². The molecule has 0 bridgehead atoms. The van der Waals surface area contributed by atoms with Crippen molar-refractivity contribution in [2.24, 2.45) is 0 Å². The van der Waals surface area contributed by atoms with Gasteiger partial charge in [-0.15, -0.1) is 0 Å². The van der Waals surface area contributed by atoms with E-state index in [1.54, 1.807) is 0 Å². The van der Waals surface area contributed by atoms with Gasteiger partial charge in [0.15, 0.2) is 0 Å². The molecule has 0 unspecified atom stereocenters. The fourth-order valence-electron chi connectivity index (χ4n) is 2.97. The van der Waals surface area contributed by atoms with Gasteiger partial charge in [0.2, 0.25) is 0 Å². The lowest BCUT2D eigenvalue weighted by Gasteiger charge is -2.41. The van der Waals surface area contributed by atoms with Crippen molar-refractivity contribution in [2.45, 2.75) is 63.0 Å². The van der Waals surface area contributed by atoms with Gasteiger partial charge in [-0.1, -0.05) is 12.8 Å². The van der Waals surface area contributed by atoms with E-state index >= 15 is 0 Å². The summed E-state index contributed by atoms with van der Waals surface area (Å²) in [7, 11) is 0. The van der Waals surface area contributed by atoms with Gasteiger partial charge in [0.05, 0.1) is 24.7 Å². The first-order valence-corrected chi connectivity index (χ1v) is 7.49. The van der Waals surface area contributed by atoms with Crippen molar-refractivity contribution in [1.29, 1.82) is 0 Å². The van der Waals surface area contributed by atoms with Crippen LogP contribution >= 0.6 is 0 Å². The van der Waals surface area contributed by atoms with Gasteiger partial charge in [-0.3, -0.25) is 4.79 Å². The van der Waals surface area contributed by atoms with Crippen molar-refractivity contribution < 1.29 is 19.4 Å². The standard InChI is InChI=1S/C14H24N2O4/c17-12(18)10-14(6-3-7-14)16-13(19)15-8-9-20-11-4-1-2-5-11/h11H,1-10H2,(H,17,18)(H2,15,16,19). The SMILES string of the molecule is O=C(O)CC1(NC(=O)NCCOC2CCCC2)CCC1. The summed E-state index contributed by atoms with van der Waals surface area (Å²) in [5, 5.41) is 14.4. The van der Waals surface area contributed by atoms with Gasteiger partial charge >= 0.3 is 12.0 Å². The number of amides is 2. The first-order chi connectivity index (χ1) is 9.60. The highest BCUT2D eigenvalue weighted by Crippen LogP contribution is 2.34. The zero-order chi connectivity index (χ0) is 14.4. The molecule has 2 aliphatic rings. The molecule has 6 heteroatoms. The Morgan fingerprint density at radius 2 is 1.90 bits per heavy atom. The number of carboxylic acids is 1. The van der Waals surface area contributed by atoms with Crippen molar-refractivity contribution in [3.05, 3.63) is 0 Å². The molecule has 2 aliphatic carbocycles. The van der Waals surface area contributed by atoms with Crippen LogP contribution in [0, 0.1) is 0 Å². The van der Waals surface area contributed by atoms with Gasteiger partial charge in [0.1, 0.15) is 0 Å². The summed E-state index contributed by atoms with van der Waals surface area (Å²) in [4.78, 5) is 22.6. The van der Waals surface area contributed by atoms with Gasteiger partial charge < -0.3 is 20.5 Å². The lowest BCUT2D eigenvalue weighted by molar-refractivity contribution is -0.139. The van der Waals surface area contributed by atoms with E-state index in [0.29, 0.717) is 19.3 Å². The molecule has 2 fully saturated rings. The zero-order valence-electron chi connectivity index (χ0n) is 11.8. The lowest BCUT2D eigenvalue weighted by Crippen LogP contribution is -2.57. The maximum atomic E-state index is 11.8. The zero-order valence-corrected chi connectivity index (χ0v) is 11.8. The second-order valence-corrected chi connectivity index (χ2v) is 5.86. The first kappa shape index (κ1) is 15.1. The smallest absolute Gasteiger partial charge is 0.315 e. The molecule has 6 nitrogen and oxygen atoms in total. The summed E-state index contributed by atoms with van der Waals surface area (Å²) in [5.74, 6) is -0.866. The number of urea groups is 1. The molecule has 0 aromatic rings. The van der Waals surface area contributed by atoms with E-state index in [2.05, 4.69) is 10.6 Å². The Labute approximate surface area is 119 Å². The third-order valence-electron chi connectivity index (χ3n) is 4.22. The van der Waals surface area contributed by atoms with Crippen LogP contribution in [0.15, 0.2) is 0 Å². The Kier molecular flexibility index (Phi) is 5.23. The van der Waals surface area contributed by atoms with Gasteiger partial charge in [-0.25, -0.2) is 4.79 Å². The molecule has 0 aromatic carbocycles. The highest BCUT2D eigenvalue weighted by molar-refractivity contribution is 5.77. The Morgan fingerprint density at radius 1 is 1.20 bits per heavy atom. The molecule has 0 aromatic heterocycles. The molecule has 0 heterocycles. The Bertz CT molecular complexity index is 349. The number of carbonyl (C=O) groups is 2. The number of carboxylic acid groups (broad SMARTS) is 1. The van der Waals surface area contributed by atoms with Crippen LogP contribution in [0.3, 0.4) is 0 Å². The number of ether oxygens (including phenoxy) is 1. The van der Waals surface area contributed by atoms with E-state index in [1.807, 2.05) is 0 Å². The molecular formula is C14H24N2O4. The molecule has 0 aliphatic heterocycles. The number of carbonyl (C=O) groups excluding carboxylic acids is 1. The van der Waals surface area contributed by atoms with Crippen LogP contribution < -0.4 is 10.6 Å². The predicted molar refractivity (Wildman–Crippen MR) is 73.6 cm³/mol. The van der Waals surface area contributed by atoms with E-state index in [0.717, 1.165) is 32.1 Å². The Hall–Kier alpha value is -1.30. The molecule has 20 heavy (non-hydrogen) atoms. The number of aliphatic carboxylic acids is 1. The van der Waals surface area contributed by atoms with Crippen LogP contribution in [0.5, 0.6) is 0 Å². The Balaban J connectivity index is 1.60. The summed E-state index contributed by atoms with van der Waals surface area (Å²) < 4.78 is 5.65. The summed E-state index contributed by atoms with van der Waals surface area (Å²) in [6.45, 7) is 0.982. The van der Waals surface area contributed by atoms with E-state index in [1.165, 1.54) is 12.8 Å². The van der Waals surface area contributed by atoms with Crippen molar-refractivity contribution in [3.63, 3.8) is 0 Å². The monoisotopic (exact) mass is 284 g/mol. The number of nitrogens with one attached hydrogen (secondary N) is 2. The van der Waals surface area contributed by atoms with Crippen LogP contribution in [0.4, 0.5) is 4.79 Å². The van der Waals surface area contributed by atoms with Crippen molar-refractivity contribution in [1.82, 2.24) is 10.6 Å². The van der Waals surface area contributed by atoms with Crippen molar-refractivity contribution >= 4 is 12.0 Å². The second kappa shape index (κ2) is 6.92. The summed E-state index contributed by atoms with van der Waals surface area (Å²) in [6, 6.07) is -0.291. The molecule has 2 rings (SSSR count). The molecule has 0 saturated heterocycles. The maximum Gasteiger partial charge on any atom is 0.315 e. The van der Waals surface area contributed by atoms with Gasteiger partial charge in [-0.2, -0.15) is 0 Å². The van der Waals surface area contributed by atoms with Crippen LogP contribution in [-0.2, 0) is 9.53 Å². The van der Waals surface area contributed by atoms with Crippen LogP contribution in [-0.4, -0.2) is 41.9 Å². The molecule has 0 spiro atoms. The van der Waals surface area contributed by atoms with E-state index < -0.39 is 11.5 Å². The van der Waals surface area contributed by atoms with Gasteiger partial charge in [0.25, 0.3) is 0 Å². The average molecular weight is 284 g/mol. The summed E-state index contributed by atoms with van der Waals surface area (Å²) >= 11 is 0. The fourth-order valence-corrected chi connectivity index (χ4v) is 2.97. The highest BCUT2D eigenvalue weighted by atomic mass is 16.5. The molecule has 2 amide bonds. The van der Waals surface area contributed by atoms with Crippen LogP contribution in [0.2, 0.25) is 0 Å². The minimum Gasteiger partial charge on any atom is -0.481 e. The molecule has 114 valence electrons. The topological polar surface area (TPSA) is 87.7 Å². The van der Waals surface area contributed by atoms with Crippen molar-refractivity contribution in [3.8, 4) is 0 Å². The number of rotatable bonds is 7. The Morgan fingerprint density at radius 3 is 2.45 bits per heavy atom. The minimum atomic E-state index is -0.866. The van der Waals surface area contributed by atoms with E-state index in [4.69, 9.17) is 9.84 Å². The van der Waals surface area contributed by atoms with Gasteiger partial charge in [-0.05, 0) is 32.1 Å². The second-order valence-electron chi connectivity index (χ2n) is 5.86. The number of hydrogen-bond donors (Lipinski definition) is 3. The largest absolute Gasteiger partial charge is 0.481 e.